The Hall–Kier alpha value is -1.88. The number of hydrogen-bond donors (Lipinski definition) is 3. The molecule has 0 heterocycles. The second kappa shape index (κ2) is 7.53. The molecule has 1 aromatic rings. The first-order valence-corrected chi connectivity index (χ1v) is 6.12. The smallest absolute Gasteiger partial charge is 0.404 e. The zero-order valence-electron chi connectivity index (χ0n) is 10.6. The van der Waals surface area contributed by atoms with Crippen LogP contribution in [0.15, 0.2) is 30.9 Å². The van der Waals surface area contributed by atoms with Crippen LogP contribution in [0, 0.1) is 0 Å². The largest absolute Gasteiger partial charge is 0.495 e. The van der Waals surface area contributed by atoms with E-state index in [1.54, 1.807) is 24.3 Å². The van der Waals surface area contributed by atoms with Crippen molar-refractivity contribution in [3.8, 4) is 5.75 Å². The van der Waals surface area contributed by atoms with E-state index in [0.717, 1.165) is 5.69 Å². The van der Waals surface area contributed by atoms with Gasteiger partial charge in [-0.25, -0.2) is 4.79 Å². The topological polar surface area (TPSA) is 70.6 Å². The van der Waals surface area contributed by atoms with Crippen molar-refractivity contribution in [2.24, 2.45) is 0 Å². The minimum atomic E-state index is -1.05. The lowest BCUT2D eigenvalue weighted by molar-refractivity contribution is 0.190. The van der Waals surface area contributed by atoms with E-state index in [2.05, 4.69) is 17.2 Å². The van der Waals surface area contributed by atoms with Gasteiger partial charge in [-0.15, -0.1) is 6.58 Å². The van der Waals surface area contributed by atoms with Gasteiger partial charge >= 0.3 is 6.09 Å². The number of ether oxygens (including phenoxy) is 1. The third-order valence-electron chi connectivity index (χ3n) is 2.48. The van der Waals surface area contributed by atoms with E-state index < -0.39 is 6.09 Å². The Morgan fingerprint density at radius 1 is 1.63 bits per heavy atom. The van der Waals surface area contributed by atoms with Gasteiger partial charge in [0.25, 0.3) is 0 Å². The SMILES string of the molecule is C=CCC(CNc1ccc(Cl)c(OC)c1)NC(=O)O. The number of benzene rings is 1. The third-order valence-corrected chi connectivity index (χ3v) is 2.79. The molecule has 0 saturated carbocycles. The summed E-state index contributed by atoms with van der Waals surface area (Å²) in [6, 6.07) is 5.04. The Kier molecular flexibility index (Phi) is 6.02. The maximum absolute atomic E-state index is 10.6. The van der Waals surface area contributed by atoms with Gasteiger partial charge in [0.15, 0.2) is 0 Å². The van der Waals surface area contributed by atoms with Crippen molar-refractivity contribution in [3.63, 3.8) is 0 Å². The molecule has 0 saturated heterocycles. The van der Waals surface area contributed by atoms with E-state index >= 15 is 0 Å². The minimum absolute atomic E-state index is 0.239. The third kappa shape index (κ3) is 5.09. The Balaban J connectivity index is 2.62. The molecule has 1 amide bonds. The zero-order chi connectivity index (χ0) is 14.3. The van der Waals surface area contributed by atoms with Crippen molar-refractivity contribution in [3.05, 3.63) is 35.9 Å². The lowest BCUT2D eigenvalue weighted by atomic mass is 10.2. The molecule has 0 aromatic heterocycles. The van der Waals surface area contributed by atoms with Crippen LogP contribution in [-0.4, -0.2) is 30.9 Å². The molecule has 1 rings (SSSR count). The molecule has 1 atom stereocenters. The molecule has 19 heavy (non-hydrogen) atoms. The second-order valence-electron chi connectivity index (χ2n) is 3.90. The van der Waals surface area contributed by atoms with Crippen LogP contribution in [0.5, 0.6) is 5.75 Å². The number of amides is 1. The van der Waals surface area contributed by atoms with Crippen LogP contribution >= 0.6 is 11.6 Å². The number of nitrogens with one attached hydrogen (secondary N) is 2. The van der Waals surface area contributed by atoms with Crippen molar-refractivity contribution in [2.45, 2.75) is 12.5 Å². The summed E-state index contributed by atoms with van der Waals surface area (Å²) in [5.41, 5.74) is 0.808. The number of anilines is 1. The Labute approximate surface area is 117 Å². The first-order chi connectivity index (χ1) is 9.06. The maximum Gasteiger partial charge on any atom is 0.404 e. The van der Waals surface area contributed by atoms with Crippen LogP contribution in [0.2, 0.25) is 5.02 Å². The van der Waals surface area contributed by atoms with Crippen LogP contribution in [-0.2, 0) is 0 Å². The molecule has 0 spiro atoms. The van der Waals surface area contributed by atoms with Crippen molar-refractivity contribution >= 4 is 23.4 Å². The minimum Gasteiger partial charge on any atom is -0.495 e. The molecule has 0 bridgehead atoms. The number of carbonyl (C=O) groups is 1. The highest BCUT2D eigenvalue weighted by molar-refractivity contribution is 6.32. The van der Waals surface area contributed by atoms with E-state index in [1.165, 1.54) is 7.11 Å². The molecule has 0 aliphatic rings. The lowest BCUT2D eigenvalue weighted by Crippen LogP contribution is -2.38. The summed E-state index contributed by atoms with van der Waals surface area (Å²) in [5.74, 6) is 0.568. The molecule has 104 valence electrons. The Morgan fingerprint density at radius 3 is 2.95 bits per heavy atom. The summed E-state index contributed by atoms with van der Waals surface area (Å²) < 4.78 is 5.11. The average Bonchev–Trinajstić information content (AvgIpc) is 2.37. The van der Waals surface area contributed by atoms with E-state index in [9.17, 15) is 4.79 Å². The highest BCUT2D eigenvalue weighted by atomic mass is 35.5. The number of methoxy groups -OCH3 is 1. The monoisotopic (exact) mass is 284 g/mol. The van der Waals surface area contributed by atoms with Gasteiger partial charge in [-0.3, -0.25) is 0 Å². The number of halogens is 1. The van der Waals surface area contributed by atoms with Gasteiger partial charge in [-0.05, 0) is 18.6 Å². The second-order valence-corrected chi connectivity index (χ2v) is 4.31. The summed E-state index contributed by atoms with van der Waals surface area (Å²) in [7, 11) is 1.54. The van der Waals surface area contributed by atoms with Crippen molar-refractivity contribution < 1.29 is 14.6 Å². The molecular weight excluding hydrogens is 268 g/mol. The van der Waals surface area contributed by atoms with Gasteiger partial charge in [-0.2, -0.15) is 0 Å². The van der Waals surface area contributed by atoms with E-state index in [1.807, 2.05) is 0 Å². The standard InChI is InChI=1S/C13H17ClN2O3/c1-3-4-10(16-13(17)18)8-15-9-5-6-11(14)12(7-9)19-2/h3,5-7,10,15-16H,1,4,8H2,2H3,(H,17,18). The highest BCUT2D eigenvalue weighted by Crippen LogP contribution is 2.27. The molecule has 5 nitrogen and oxygen atoms in total. The summed E-state index contributed by atoms with van der Waals surface area (Å²) in [5, 5.41) is 14.8. The maximum atomic E-state index is 10.6. The molecule has 1 unspecified atom stereocenters. The molecule has 3 N–H and O–H groups in total. The zero-order valence-corrected chi connectivity index (χ0v) is 11.4. The number of carboxylic acid groups (broad SMARTS) is 1. The van der Waals surface area contributed by atoms with E-state index in [0.29, 0.717) is 23.7 Å². The molecule has 0 aliphatic carbocycles. The van der Waals surface area contributed by atoms with Gasteiger partial charge < -0.3 is 20.5 Å². The lowest BCUT2D eigenvalue weighted by Gasteiger charge is -2.17. The van der Waals surface area contributed by atoms with Gasteiger partial charge in [-0.1, -0.05) is 17.7 Å². The highest BCUT2D eigenvalue weighted by Gasteiger charge is 2.10. The molecule has 6 heteroatoms. The van der Waals surface area contributed by atoms with E-state index in [-0.39, 0.29) is 6.04 Å². The first-order valence-electron chi connectivity index (χ1n) is 5.74. The van der Waals surface area contributed by atoms with E-state index in [4.69, 9.17) is 21.4 Å². The van der Waals surface area contributed by atoms with Gasteiger partial charge in [0.2, 0.25) is 0 Å². The van der Waals surface area contributed by atoms with Crippen molar-refractivity contribution in [1.82, 2.24) is 5.32 Å². The van der Waals surface area contributed by atoms with Gasteiger partial charge in [0.05, 0.1) is 18.2 Å². The van der Waals surface area contributed by atoms with Gasteiger partial charge in [0.1, 0.15) is 5.75 Å². The number of rotatable bonds is 7. The predicted octanol–water partition coefficient (Wildman–Crippen LogP) is 2.97. The van der Waals surface area contributed by atoms with Crippen molar-refractivity contribution in [1.29, 1.82) is 0 Å². The van der Waals surface area contributed by atoms with Crippen LogP contribution in [0.3, 0.4) is 0 Å². The first kappa shape index (κ1) is 15.2. The van der Waals surface area contributed by atoms with Crippen LogP contribution in [0.1, 0.15) is 6.42 Å². The van der Waals surface area contributed by atoms with Crippen LogP contribution < -0.4 is 15.4 Å². The van der Waals surface area contributed by atoms with Gasteiger partial charge in [0, 0.05) is 18.3 Å². The van der Waals surface area contributed by atoms with Crippen LogP contribution in [0.25, 0.3) is 0 Å². The fraction of sp³-hybridized carbons (Fsp3) is 0.308. The Morgan fingerprint density at radius 2 is 2.37 bits per heavy atom. The predicted molar refractivity (Wildman–Crippen MR) is 76.3 cm³/mol. The number of hydrogen-bond acceptors (Lipinski definition) is 3. The average molecular weight is 285 g/mol. The molecule has 0 aliphatic heterocycles. The molecule has 0 fully saturated rings. The fourth-order valence-corrected chi connectivity index (χ4v) is 1.77. The summed E-state index contributed by atoms with van der Waals surface area (Å²) in [4.78, 5) is 10.6. The summed E-state index contributed by atoms with van der Waals surface area (Å²) in [6.45, 7) is 4.05. The Bertz CT molecular complexity index is 452. The van der Waals surface area contributed by atoms with Crippen LogP contribution in [0.4, 0.5) is 10.5 Å². The normalized spacial score (nSPS) is 11.5. The van der Waals surface area contributed by atoms with Crippen molar-refractivity contribution in [2.75, 3.05) is 19.0 Å². The summed E-state index contributed by atoms with van der Waals surface area (Å²) >= 11 is 5.92. The molecule has 1 aromatic carbocycles. The summed E-state index contributed by atoms with van der Waals surface area (Å²) in [6.07, 6.45) is 1.16. The molecular formula is C13H17ClN2O3. The fourth-order valence-electron chi connectivity index (χ4n) is 1.58. The quantitative estimate of drug-likeness (QED) is 0.673. The molecule has 0 radical (unpaired) electrons.